The van der Waals surface area contributed by atoms with Gasteiger partial charge in [0.2, 0.25) is 0 Å². The first-order chi connectivity index (χ1) is 17.7. The average molecular weight is 589 g/mol. The number of aliphatic hydroxyl groups is 2. The van der Waals surface area contributed by atoms with Crippen molar-refractivity contribution in [1.29, 1.82) is 5.26 Å². The molecule has 0 bridgehead atoms. The Morgan fingerprint density at radius 2 is 1.92 bits per heavy atom. The number of nitrogens with one attached hydrogen (secondary N) is 1. The molecule has 2 aromatic heterocycles. The Hall–Kier alpha value is -2.60. The smallest absolute Gasteiger partial charge is 0.340 e. The average Bonchev–Trinajstić information content (AvgIpc) is 3.33. The zero-order valence-corrected chi connectivity index (χ0v) is 22.1. The number of fused-ring (bicyclic) bond motifs is 1. The van der Waals surface area contributed by atoms with Crippen LogP contribution in [0.25, 0.3) is 11.0 Å². The van der Waals surface area contributed by atoms with E-state index < -0.39 is 65.1 Å². The van der Waals surface area contributed by atoms with E-state index in [-0.39, 0.29) is 16.4 Å². The van der Waals surface area contributed by atoms with E-state index in [1.54, 1.807) is 25.1 Å². The number of halogens is 2. The number of hydrogen-bond donors (Lipinski definition) is 5. The minimum Gasteiger partial charge on any atom is -0.387 e. The molecule has 0 aliphatic carbocycles. The Labute approximate surface area is 221 Å². The molecule has 0 unspecified atom stereocenters. The normalized spacial score (nSPS) is 22.9. The van der Waals surface area contributed by atoms with Gasteiger partial charge in [-0.2, -0.15) is 5.26 Å². The van der Waals surface area contributed by atoms with Crippen LogP contribution in [0.15, 0.2) is 36.5 Å². The standard InChI is InChI=1S/C22H23ClFN4O8PS/c1-11(12-2-4-13(24)5-3-12)26-17-14-6-7-28(21(14)27-20(23)15(17)8-25)22-19(30)18(29)16(36-22)9-38(34,35)10-37(31,32)33/h2-7,11,16,18-19,22,29-30H,9-10H2,1H3,(H,26,27)(H2,31,32,33)/t11-,16-,18-,19-,22-/m1/s1. The van der Waals surface area contributed by atoms with E-state index in [9.17, 15) is 32.8 Å². The monoisotopic (exact) mass is 588 g/mol. The van der Waals surface area contributed by atoms with Crippen LogP contribution < -0.4 is 5.32 Å². The molecule has 1 aliphatic rings. The van der Waals surface area contributed by atoms with Crippen LogP contribution in [0.2, 0.25) is 5.15 Å². The molecule has 1 aliphatic heterocycles. The second-order valence-electron chi connectivity index (χ2n) is 8.89. The Bertz CT molecular complexity index is 1560. The molecule has 1 aromatic carbocycles. The summed E-state index contributed by atoms with van der Waals surface area (Å²) >= 11 is 6.29. The van der Waals surface area contributed by atoms with Crippen molar-refractivity contribution in [1.82, 2.24) is 9.55 Å². The first-order valence-corrected chi connectivity index (χ1v) is 15.1. The van der Waals surface area contributed by atoms with E-state index in [1.165, 1.54) is 22.9 Å². The molecule has 0 amide bonds. The Kier molecular flexibility index (Phi) is 7.86. The van der Waals surface area contributed by atoms with Gasteiger partial charge in [-0.05, 0) is 30.7 Å². The number of ether oxygens (including phenoxy) is 1. The van der Waals surface area contributed by atoms with Gasteiger partial charge in [-0.25, -0.2) is 17.8 Å². The molecular weight excluding hydrogens is 566 g/mol. The number of benzene rings is 1. The minimum absolute atomic E-state index is 0.0280. The van der Waals surface area contributed by atoms with Gasteiger partial charge in [-0.3, -0.25) is 4.57 Å². The lowest BCUT2D eigenvalue weighted by molar-refractivity contribution is -0.0288. The molecule has 204 valence electrons. The number of hydrogen-bond acceptors (Lipinski definition) is 9. The van der Waals surface area contributed by atoms with E-state index in [0.717, 1.165) is 0 Å². The molecule has 5 atom stereocenters. The topological polar surface area (TPSA) is 195 Å². The lowest BCUT2D eigenvalue weighted by Crippen LogP contribution is -2.35. The van der Waals surface area contributed by atoms with Gasteiger partial charge in [0, 0.05) is 17.6 Å². The molecule has 3 heterocycles. The summed E-state index contributed by atoms with van der Waals surface area (Å²) in [6.45, 7) is 1.79. The largest absolute Gasteiger partial charge is 0.387 e. The third kappa shape index (κ3) is 5.85. The number of aliphatic hydroxyl groups excluding tert-OH is 2. The molecule has 12 nitrogen and oxygen atoms in total. The second kappa shape index (κ2) is 10.5. The quantitative estimate of drug-likeness (QED) is 0.191. The van der Waals surface area contributed by atoms with Gasteiger partial charge in [0.25, 0.3) is 0 Å². The van der Waals surface area contributed by atoms with Gasteiger partial charge in [-0.1, -0.05) is 23.7 Å². The van der Waals surface area contributed by atoms with Gasteiger partial charge in [0.05, 0.1) is 11.4 Å². The Morgan fingerprint density at radius 1 is 1.26 bits per heavy atom. The van der Waals surface area contributed by atoms with Crippen LogP contribution in [0.5, 0.6) is 0 Å². The Morgan fingerprint density at radius 3 is 2.53 bits per heavy atom. The van der Waals surface area contributed by atoms with Gasteiger partial charge in [0.15, 0.2) is 26.7 Å². The zero-order valence-electron chi connectivity index (χ0n) is 19.6. The van der Waals surface area contributed by atoms with Crippen LogP contribution in [-0.4, -0.2) is 67.5 Å². The van der Waals surface area contributed by atoms with Crippen molar-refractivity contribution in [2.45, 2.75) is 37.5 Å². The molecule has 3 aromatic rings. The fourth-order valence-electron chi connectivity index (χ4n) is 4.30. The fourth-order valence-corrected chi connectivity index (χ4v) is 7.77. The number of nitriles is 1. The summed E-state index contributed by atoms with van der Waals surface area (Å²) < 4.78 is 55.8. The summed E-state index contributed by atoms with van der Waals surface area (Å²) in [5, 5.41) is 34.2. The fraction of sp³-hybridized carbons (Fsp3) is 0.364. The third-order valence-electron chi connectivity index (χ3n) is 6.05. The molecule has 16 heteroatoms. The highest BCUT2D eigenvalue weighted by Crippen LogP contribution is 2.40. The third-order valence-corrected chi connectivity index (χ3v) is 10.1. The van der Waals surface area contributed by atoms with Crippen molar-refractivity contribution >= 4 is 45.8 Å². The molecule has 5 N–H and O–H groups in total. The van der Waals surface area contributed by atoms with Gasteiger partial charge < -0.3 is 34.6 Å². The van der Waals surface area contributed by atoms with Crippen LogP contribution in [0.4, 0.5) is 10.1 Å². The van der Waals surface area contributed by atoms with E-state index >= 15 is 0 Å². The van der Waals surface area contributed by atoms with Crippen LogP contribution in [0.1, 0.15) is 30.3 Å². The summed E-state index contributed by atoms with van der Waals surface area (Å²) in [6, 6.07) is 8.90. The maximum atomic E-state index is 13.3. The highest BCUT2D eigenvalue weighted by atomic mass is 35.5. The van der Waals surface area contributed by atoms with Crippen molar-refractivity contribution < 1.29 is 42.1 Å². The number of rotatable bonds is 8. The van der Waals surface area contributed by atoms with Crippen molar-refractivity contribution in [2.24, 2.45) is 0 Å². The molecule has 38 heavy (non-hydrogen) atoms. The number of sulfone groups is 1. The van der Waals surface area contributed by atoms with E-state index in [4.69, 9.17) is 26.1 Å². The van der Waals surface area contributed by atoms with E-state index in [2.05, 4.69) is 10.3 Å². The molecule has 0 spiro atoms. The predicted molar refractivity (Wildman–Crippen MR) is 135 cm³/mol. The lowest BCUT2D eigenvalue weighted by atomic mass is 10.1. The van der Waals surface area contributed by atoms with Crippen LogP contribution in [0.3, 0.4) is 0 Å². The molecule has 1 fully saturated rings. The van der Waals surface area contributed by atoms with Gasteiger partial charge in [-0.15, -0.1) is 0 Å². The first kappa shape index (κ1) is 28.4. The summed E-state index contributed by atoms with van der Waals surface area (Å²) in [7, 11) is -9.25. The summed E-state index contributed by atoms with van der Waals surface area (Å²) in [5.74, 6) is -1.35. The van der Waals surface area contributed by atoms with Crippen molar-refractivity contribution in [3.63, 3.8) is 0 Å². The van der Waals surface area contributed by atoms with E-state index in [1.807, 2.05) is 6.07 Å². The number of pyridine rings is 1. The summed E-state index contributed by atoms with van der Waals surface area (Å²) in [4.78, 5) is 22.3. The second-order valence-corrected chi connectivity index (χ2v) is 13.4. The summed E-state index contributed by atoms with van der Waals surface area (Å²) in [6.07, 6.45) is -4.72. The van der Waals surface area contributed by atoms with Gasteiger partial charge in [0.1, 0.15) is 41.4 Å². The molecular formula is C22H23ClFN4O8PS. The first-order valence-electron chi connectivity index (χ1n) is 11.1. The minimum atomic E-state index is -4.90. The van der Waals surface area contributed by atoms with Crippen molar-refractivity contribution in [2.75, 3.05) is 16.6 Å². The number of anilines is 1. The number of nitrogens with zero attached hydrogens (tertiary/aromatic N) is 3. The lowest BCUT2D eigenvalue weighted by Gasteiger charge is -2.20. The van der Waals surface area contributed by atoms with Crippen LogP contribution >= 0.6 is 19.2 Å². The molecule has 0 radical (unpaired) electrons. The Balaban J connectivity index is 1.68. The van der Waals surface area contributed by atoms with Crippen molar-refractivity contribution in [3.05, 3.63) is 58.6 Å². The summed E-state index contributed by atoms with van der Waals surface area (Å²) in [5.41, 5.74) is -0.257. The maximum absolute atomic E-state index is 13.3. The molecule has 1 saturated heterocycles. The maximum Gasteiger partial charge on any atom is 0.340 e. The predicted octanol–water partition coefficient (Wildman–Crippen LogP) is 2.04. The van der Waals surface area contributed by atoms with Gasteiger partial charge >= 0.3 is 7.60 Å². The van der Waals surface area contributed by atoms with Crippen LogP contribution in [0, 0.1) is 17.1 Å². The molecule has 4 rings (SSSR count). The highest BCUT2D eigenvalue weighted by Gasteiger charge is 2.46. The van der Waals surface area contributed by atoms with Crippen molar-refractivity contribution in [3.8, 4) is 6.07 Å². The highest BCUT2D eigenvalue weighted by molar-refractivity contribution is 7.97. The molecule has 0 saturated carbocycles. The van der Waals surface area contributed by atoms with Crippen LogP contribution in [-0.2, 0) is 19.1 Å². The number of aromatic nitrogens is 2. The van der Waals surface area contributed by atoms with E-state index in [0.29, 0.717) is 16.6 Å². The SMILES string of the molecule is C[C@@H](Nc1c(C#N)c(Cl)nc2c1ccn2[C@@H]1O[C@H](CS(=O)(=O)CP(=O)(O)O)[C@@H](O)[C@H]1O)c1ccc(F)cc1. The zero-order chi connectivity index (χ0) is 28.0.